The van der Waals surface area contributed by atoms with E-state index in [1.807, 2.05) is 6.07 Å². The number of nitrogens with zero attached hydrogens (tertiary/aromatic N) is 1. The smallest absolute Gasteiger partial charge is 0.214 e. The minimum Gasteiger partial charge on any atom is -0.474 e. The average molecular weight is 276 g/mol. The first-order chi connectivity index (χ1) is 9.47. The Balaban J connectivity index is 2.13. The maximum atomic E-state index is 6.16. The van der Waals surface area contributed by atoms with Gasteiger partial charge in [-0.1, -0.05) is 27.7 Å². The lowest BCUT2D eigenvalue weighted by atomic mass is 9.82. The van der Waals surface area contributed by atoms with Crippen LogP contribution in [0.15, 0.2) is 12.1 Å². The fraction of sp³-hybridized carbons (Fsp3) is 0.706. The number of rotatable bonds is 4. The Morgan fingerprint density at radius 3 is 2.40 bits per heavy atom. The predicted molar refractivity (Wildman–Crippen MR) is 82.8 cm³/mol. The first kappa shape index (κ1) is 15.3. The van der Waals surface area contributed by atoms with Crippen molar-refractivity contribution < 1.29 is 4.74 Å². The third-order valence-electron chi connectivity index (χ3n) is 4.13. The summed E-state index contributed by atoms with van der Waals surface area (Å²) in [5.74, 6) is 2.63. The second kappa shape index (κ2) is 6.57. The Hall–Kier alpha value is -1.09. The number of aromatic nitrogens is 1. The van der Waals surface area contributed by atoms with Crippen LogP contribution in [0, 0.1) is 11.8 Å². The van der Waals surface area contributed by atoms with Crippen LogP contribution in [0.4, 0.5) is 0 Å². The molecule has 0 radical (unpaired) electrons. The Labute approximate surface area is 122 Å². The third-order valence-corrected chi connectivity index (χ3v) is 4.13. The zero-order valence-electron chi connectivity index (χ0n) is 13.2. The van der Waals surface area contributed by atoms with Crippen molar-refractivity contribution in [1.82, 2.24) is 4.98 Å². The average Bonchev–Trinajstić information content (AvgIpc) is 2.36. The molecule has 2 N–H and O–H groups in total. The van der Waals surface area contributed by atoms with Gasteiger partial charge in [0.2, 0.25) is 5.88 Å². The summed E-state index contributed by atoms with van der Waals surface area (Å²) in [6.07, 6.45) is 3.88. The van der Waals surface area contributed by atoms with Gasteiger partial charge in [-0.3, -0.25) is 0 Å². The second-order valence-electron chi connectivity index (χ2n) is 6.75. The predicted octanol–water partition coefficient (Wildman–Crippen LogP) is 3.87. The van der Waals surface area contributed by atoms with Crippen molar-refractivity contribution in [3.05, 3.63) is 23.4 Å². The summed E-state index contributed by atoms with van der Waals surface area (Å²) in [7, 11) is 0. The normalized spacial score (nSPS) is 26.8. The van der Waals surface area contributed by atoms with E-state index in [0.29, 0.717) is 18.6 Å². The lowest BCUT2D eigenvalue weighted by Gasteiger charge is -2.31. The van der Waals surface area contributed by atoms with Gasteiger partial charge in [0.1, 0.15) is 6.10 Å². The molecule has 0 amide bonds. The van der Waals surface area contributed by atoms with Crippen molar-refractivity contribution in [2.75, 3.05) is 0 Å². The molecule has 1 fully saturated rings. The van der Waals surface area contributed by atoms with Gasteiger partial charge in [0.05, 0.1) is 0 Å². The SMILES string of the molecule is CC1CC(C)CC(Oc2cc(CN)cc(C(C)C)n2)C1. The molecular weight excluding hydrogens is 248 g/mol. The van der Waals surface area contributed by atoms with Crippen molar-refractivity contribution in [3.8, 4) is 5.88 Å². The highest BCUT2D eigenvalue weighted by molar-refractivity contribution is 5.26. The third kappa shape index (κ3) is 3.95. The minimum absolute atomic E-state index is 0.300. The standard InChI is InChI=1S/C17H28N2O/c1-11(2)16-8-14(10-18)9-17(19-16)20-15-6-12(3)5-13(4)7-15/h8-9,11-13,15H,5-7,10,18H2,1-4H3. The van der Waals surface area contributed by atoms with Gasteiger partial charge in [-0.25, -0.2) is 4.98 Å². The zero-order valence-corrected chi connectivity index (χ0v) is 13.2. The summed E-state index contributed by atoms with van der Waals surface area (Å²) < 4.78 is 6.16. The molecule has 2 unspecified atom stereocenters. The molecule has 20 heavy (non-hydrogen) atoms. The molecule has 0 bridgehead atoms. The van der Waals surface area contributed by atoms with Crippen molar-refractivity contribution >= 4 is 0 Å². The monoisotopic (exact) mass is 276 g/mol. The molecular formula is C17H28N2O. The van der Waals surface area contributed by atoms with Crippen LogP contribution >= 0.6 is 0 Å². The van der Waals surface area contributed by atoms with Crippen LogP contribution in [-0.4, -0.2) is 11.1 Å². The molecule has 0 saturated heterocycles. The summed E-state index contributed by atoms with van der Waals surface area (Å²) in [5, 5.41) is 0. The van der Waals surface area contributed by atoms with Crippen LogP contribution in [0.1, 0.15) is 64.1 Å². The Morgan fingerprint density at radius 2 is 1.85 bits per heavy atom. The van der Waals surface area contributed by atoms with E-state index in [4.69, 9.17) is 10.5 Å². The van der Waals surface area contributed by atoms with E-state index < -0.39 is 0 Å². The highest BCUT2D eigenvalue weighted by atomic mass is 16.5. The lowest BCUT2D eigenvalue weighted by Crippen LogP contribution is -2.29. The summed E-state index contributed by atoms with van der Waals surface area (Å²) in [6.45, 7) is 9.47. The summed E-state index contributed by atoms with van der Waals surface area (Å²) in [6, 6.07) is 4.08. The minimum atomic E-state index is 0.300. The van der Waals surface area contributed by atoms with E-state index in [1.165, 1.54) is 6.42 Å². The van der Waals surface area contributed by atoms with Crippen LogP contribution in [0.25, 0.3) is 0 Å². The molecule has 2 atom stereocenters. The number of hydrogen-bond donors (Lipinski definition) is 1. The quantitative estimate of drug-likeness (QED) is 0.908. The highest BCUT2D eigenvalue weighted by Gasteiger charge is 2.25. The van der Waals surface area contributed by atoms with E-state index in [9.17, 15) is 0 Å². The van der Waals surface area contributed by atoms with E-state index in [0.717, 1.165) is 41.8 Å². The van der Waals surface area contributed by atoms with Gasteiger partial charge in [-0.15, -0.1) is 0 Å². The first-order valence-electron chi connectivity index (χ1n) is 7.85. The van der Waals surface area contributed by atoms with Crippen molar-refractivity contribution in [3.63, 3.8) is 0 Å². The summed E-state index contributed by atoms with van der Waals surface area (Å²) in [4.78, 5) is 4.65. The molecule has 1 aliphatic rings. The number of pyridine rings is 1. The molecule has 3 nitrogen and oxygen atoms in total. The molecule has 0 aromatic carbocycles. The van der Waals surface area contributed by atoms with Gasteiger partial charge in [-0.2, -0.15) is 0 Å². The van der Waals surface area contributed by atoms with Gasteiger partial charge in [-0.05, 0) is 48.6 Å². The van der Waals surface area contributed by atoms with Gasteiger partial charge >= 0.3 is 0 Å². The molecule has 1 aromatic rings. The van der Waals surface area contributed by atoms with Crippen molar-refractivity contribution in [2.45, 2.75) is 65.5 Å². The molecule has 3 heteroatoms. The fourth-order valence-electron chi connectivity index (χ4n) is 3.20. The van der Waals surface area contributed by atoms with Crippen molar-refractivity contribution in [1.29, 1.82) is 0 Å². The molecule has 0 spiro atoms. The molecule has 1 heterocycles. The Morgan fingerprint density at radius 1 is 1.20 bits per heavy atom. The topological polar surface area (TPSA) is 48.1 Å². The van der Waals surface area contributed by atoms with E-state index in [1.54, 1.807) is 0 Å². The molecule has 2 rings (SSSR count). The molecule has 0 aliphatic heterocycles. The highest BCUT2D eigenvalue weighted by Crippen LogP contribution is 2.31. The van der Waals surface area contributed by atoms with Crippen molar-refractivity contribution in [2.24, 2.45) is 17.6 Å². The zero-order chi connectivity index (χ0) is 14.7. The molecule has 112 valence electrons. The molecule has 1 aliphatic carbocycles. The van der Waals surface area contributed by atoms with Gasteiger partial charge in [0.25, 0.3) is 0 Å². The first-order valence-corrected chi connectivity index (χ1v) is 7.85. The van der Waals surface area contributed by atoms with Crippen LogP contribution in [0.3, 0.4) is 0 Å². The number of ether oxygens (including phenoxy) is 1. The Bertz CT molecular complexity index is 435. The summed E-state index contributed by atoms with van der Waals surface area (Å²) in [5.41, 5.74) is 7.96. The molecule has 1 aromatic heterocycles. The maximum Gasteiger partial charge on any atom is 0.214 e. The van der Waals surface area contributed by atoms with Gasteiger partial charge in [0, 0.05) is 18.3 Å². The summed E-state index contributed by atoms with van der Waals surface area (Å²) >= 11 is 0. The maximum absolute atomic E-state index is 6.16. The van der Waals surface area contributed by atoms with Crippen LogP contribution in [-0.2, 0) is 6.54 Å². The second-order valence-corrected chi connectivity index (χ2v) is 6.75. The lowest BCUT2D eigenvalue weighted by molar-refractivity contribution is 0.0964. The van der Waals surface area contributed by atoms with Gasteiger partial charge in [0.15, 0.2) is 0 Å². The van der Waals surface area contributed by atoms with E-state index >= 15 is 0 Å². The fourth-order valence-corrected chi connectivity index (χ4v) is 3.20. The van der Waals surface area contributed by atoms with Crippen LogP contribution < -0.4 is 10.5 Å². The number of nitrogens with two attached hydrogens (primary N) is 1. The van der Waals surface area contributed by atoms with Gasteiger partial charge < -0.3 is 10.5 Å². The van der Waals surface area contributed by atoms with Crippen LogP contribution in [0.2, 0.25) is 0 Å². The number of hydrogen-bond acceptors (Lipinski definition) is 3. The van der Waals surface area contributed by atoms with E-state index in [-0.39, 0.29) is 0 Å². The Kier molecular flexibility index (Phi) is 5.03. The molecule has 1 saturated carbocycles. The van der Waals surface area contributed by atoms with E-state index in [2.05, 4.69) is 38.7 Å². The van der Waals surface area contributed by atoms with Crippen LogP contribution in [0.5, 0.6) is 5.88 Å². The largest absolute Gasteiger partial charge is 0.474 e.